The van der Waals surface area contributed by atoms with E-state index in [4.69, 9.17) is 0 Å². The fourth-order valence-corrected chi connectivity index (χ4v) is 2.59. The molecule has 5 nitrogen and oxygen atoms in total. The molecule has 0 spiro atoms. The fraction of sp³-hybridized carbons (Fsp3) is 0.417. The second-order valence-electron chi connectivity index (χ2n) is 5.20. The summed E-state index contributed by atoms with van der Waals surface area (Å²) >= 11 is 2.94. The van der Waals surface area contributed by atoms with Gasteiger partial charge in [-0.3, -0.25) is 4.79 Å². The van der Waals surface area contributed by atoms with Crippen molar-refractivity contribution in [3.8, 4) is 0 Å². The minimum Gasteiger partial charge on any atom is -0.350 e. The van der Waals surface area contributed by atoms with Gasteiger partial charge in [-0.25, -0.2) is 17.5 Å². The maximum absolute atomic E-state index is 13.3. The van der Waals surface area contributed by atoms with Crippen molar-refractivity contribution >= 4 is 31.9 Å². The van der Waals surface area contributed by atoms with Crippen LogP contribution in [-0.4, -0.2) is 26.4 Å². The van der Waals surface area contributed by atoms with E-state index < -0.39 is 33.8 Å². The van der Waals surface area contributed by atoms with Crippen LogP contribution in [0.4, 0.5) is 4.39 Å². The maximum atomic E-state index is 13.3. The summed E-state index contributed by atoms with van der Waals surface area (Å²) in [6.07, 6.45) is 0. The van der Waals surface area contributed by atoms with Gasteiger partial charge in [0.1, 0.15) is 5.82 Å². The molecule has 0 aliphatic rings. The van der Waals surface area contributed by atoms with Gasteiger partial charge < -0.3 is 5.32 Å². The summed E-state index contributed by atoms with van der Waals surface area (Å²) < 4.78 is 39.4. The average Bonchev–Trinajstić information content (AvgIpc) is 2.28. The van der Waals surface area contributed by atoms with E-state index in [0.29, 0.717) is 0 Å². The van der Waals surface area contributed by atoms with Crippen LogP contribution in [-0.2, 0) is 14.8 Å². The van der Waals surface area contributed by atoms with Gasteiger partial charge in [-0.2, -0.15) is 0 Å². The predicted molar refractivity (Wildman–Crippen MR) is 77.2 cm³/mol. The third kappa shape index (κ3) is 5.18. The molecule has 1 rings (SSSR count). The molecule has 0 unspecified atom stereocenters. The van der Waals surface area contributed by atoms with Crippen molar-refractivity contribution in [3.63, 3.8) is 0 Å². The molecular weight excluding hydrogens is 351 g/mol. The quantitative estimate of drug-likeness (QED) is 0.852. The Balaban J connectivity index is 2.76. The van der Waals surface area contributed by atoms with E-state index in [1.165, 1.54) is 12.1 Å². The summed E-state index contributed by atoms with van der Waals surface area (Å²) in [4.78, 5) is 11.3. The second-order valence-corrected chi connectivity index (χ2v) is 7.82. The number of amides is 1. The van der Waals surface area contributed by atoms with Crippen molar-refractivity contribution in [3.05, 3.63) is 28.5 Å². The normalized spacial score (nSPS) is 12.2. The smallest absolute Gasteiger partial charge is 0.241 e. The van der Waals surface area contributed by atoms with Crippen LogP contribution >= 0.6 is 15.9 Å². The van der Waals surface area contributed by atoms with Gasteiger partial charge in [0.15, 0.2) is 0 Å². The van der Waals surface area contributed by atoms with Crippen molar-refractivity contribution in [2.45, 2.75) is 31.2 Å². The van der Waals surface area contributed by atoms with Crippen molar-refractivity contribution in [1.29, 1.82) is 0 Å². The predicted octanol–water partition coefficient (Wildman–Crippen LogP) is 1.78. The van der Waals surface area contributed by atoms with E-state index in [0.717, 1.165) is 6.07 Å². The molecule has 0 atom stereocenters. The Bertz CT molecular complexity index is 612. The molecule has 0 aromatic heterocycles. The second kappa shape index (κ2) is 6.19. The number of sulfonamides is 1. The summed E-state index contributed by atoms with van der Waals surface area (Å²) in [6.45, 7) is 4.94. The molecule has 0 aliphatic heterocycles. The van der Waals surface area contributed by atoms with E-state index in [-0.39, 0.29) is 9.37 Å². The van der Waals surface area contributed by atoms with E-state index in [2.05, 4.69) is 26.0 Å². The molecule has 8 heteroatoms. The third-order valence-corrected chi connectivity index (χ3v) is 4.18. The Morgan fingerprint density at radius 1 is 1.35 bits per heavy atom. The summed E-state index contributed by atoms with van der Waals surface area (Å²) in [5.41, 5.74) is -0.452. The number of carbonyl (C=O) groups excluding carboxylic acids is 1. The van der Waals surface area contributed by atoms with Crippen molar-refractivity contribution in [2.24, 2.45) is 0 Å². The first-order chi connectivity index (χ1) is 9.01. The number of nitrogens with one attached hydrogen (secondary N) is 2. The van der Waals surface area contributed by atoms with Crippen LogP contribution in [0.1, 0.15) is 20.8 Å². The minimum atomic E-state index is -3.92. The number of benzene rings is 1. The van der Waals surface area contributed by atoms with Gasteiger partial charge in [0.05, 0.1) is 15.9 Å². The zero-order chi connectivity index (χ0) is 15.6. The lowest BCUT2D eigenvalue weighted by Gasteiger charge is -2.20. The van der Waals surface area contributed by atoms with Crippen LogP contribution in [0.2, 0.25) is 0 Å². The first-order valence-electron chi connectivity index (χ1n) is 5.77. The molecule has 1 aromatic rings. The van der Waals surface area contributed by atoms with Crippen molar-refractivity contribution < 1.29 is 17.6 Å². The highest BCUT2D eigenvalue weighted by atomic mass is 79.9. The Labute approximate surface area is 126 Å². The first-order valence-corrected chi connectivity index (χ1v) is 8.04. The fourth-order valence-electron chi connectivity index (χ4n) is 1.35. The van der Waals surface area contributed by atoms with Gasteiger partial charge in [-0.15, -0.1) is 0 Å². The van der Waals surface area contributed by atoms with Crippen molar-refractivity contribution in [2.75, 3.05) is 6.54 Å². The van der Waals surface area contributed by atoms with Gasteiger partial charge in [0.25, 0.3) is 0 Å². The van der Waals surface area contributed by atoms with Gasteiger partial charge in [-0.1, -0.05) is 0 Å². The number of hydrogen-bond donors (Lipinski definition) is 2. The highest BCUT2D eigenvalue weighted by molar-refractivity contribution is 9.10. The Morgan fingerprint density at radius 2 is 1.95 bits per heavy atom. The van der Waals surface area contributed by atoms with Crippen LogP contribution in [0.25, 0.3) is 0 Å². The SMILES string of the molecule is CC(C)(C)NC(=O)CNS(=O)(=O)c1ccc(Br)c(F)c1. The molecular formula is C12H16BrFN2O3S. The minimum absolute atomic E-state index is 0.168. The molecule has 112 valence electrons. The molecule has 1 aromatic carbocycles. The van der Waals surface area contributed by atoms with Gasteiger partial charge >= 0.3 is 0 Å². The molecule has 0 heterocycles. The molecule has 0 saturated heterocycles. The maximum Gasteiger partial charge on any atom is 0.241 e. The monoisotopic (exact) mass is 366 g/mol. The lowest BCUT2D eigenvalue weighted by atomic mass is 10.1. The van der Waals surface area contributed by atoms with Crippen LogP contribution in [0.3, 0.4) is 0 Å². The molecule has 0 aliphatic carbocycles. The van der Waals surface area contributed by atoms with Crippen LogP contribution < -0.4 is 10.0 Å². The summed E-state index contributed by atoms with van der Waals surface area (Å²) in [7, 11) is -3.92. The Morgan fingerprint density at radius 3 is 2.45 bits per heavy atom. The van der Waals surface area contributed by atoms with E-state index in [1.807, 2.05) is 0 Å². The molecule has 20 heavy (non-hydrogen) atoms. The molecule has 0 bridgehead atoms. The topological polar surface area (TPSA) is 75.3 Å². The number of hydrogen-bond acceptors (Lipinski definition) is 3. The van der Waals surface area contributed by atoms with Crippen LogP contribution in [0, 0.1) is 5.82 Å². The molecule has 0 saturated carbocycles. The lowest BCUT2D eigenvalue weighted by molar-refractivity contribution is -0.121. The standard InChI is InChI=1S/C12H16BrFN2O3S/c1-12(2,3)16-11(17)7-15-20(18,19)8-4-5-9(13)10(14)6-8/h4-6,15H,7H2,1-3H3,(H,16,17). The highest BCUT2D eigenvalue weighted by Gasteiger charge is 2.19. The summed E-state index contributed by atoms with van der Waals surface area (Å²) in [6, 6.07) is 3.42. The zero-order valence-electron chi connectivity index (χ0n) is 11.3. The summed E-state index contributed by atoms with van der Waals surface area (Å²) in [5.74, 6) is -1.15. The lowest BCUT2D eigenvalue weighted by Crippen LogP contribution is -2.45. The van der Waals surface area contributed by atoms with Gasteiger partial charge in [0.2, 0.25) is 15.9 Å². The van der Waals surface area contributed by atoms with Gasteiger partial charge in [-0.05, 0) is 54.9 Å². The Hall–Kier alpha value is -0.990. The number of halogens is 2. The van der Waals surface area contributed by atoms with E-state index >= 15 is 0 Å². The average molecular weight is 367 g/mol. The molecule has 2 N–H and O–H groups in total. The van der Waals surface area contributed by atoms with E-state index in [9.17, 15) is 17.6 Å². The zero-order valence-corrected chi connectivity index (χ0v) is 13.7. The molecule has 0 fully saturated rings. The van der Waals surface area contributed by atoms with Gasteiger partial charge in [0, 0.05) is 5.54 Å². The third-order valence-electron chi connectivity index (χ3n) is 2.14. The Kier molecular flexibility index (Phi) is 5.28. The first kappa shape index (κ1) is 17.1. The largest absolute Gasteiger partial charge is 0.350 e. The van der Waals surface area contributed by atoms with Crippen LogP contribution in [0.5, 0.6) is 0 Å². The van der Waals surface area contributed by atoms with Crippen molar-refractivity contribution in [1.82, 2.24) is 10.0 Å². The van der Waals surface area contributed by atoms with Crippen LogP contribution in [0.15, 0.2) is 27.6 Å². The molecule has 0 radical (unpaired) electrons. The highest BCUT2D eigenvalue weighted by Crippen LogP contribution is 2.19. The van der Waals surface area contributed by atoms with E-state index in [1.54, 1.807) is 20.8 Å². The summed E-state index contributed by atoms with van der Waals surface area (Å²) in [5, 5.41) is 2.62. The number of rotatable bonds is 4. The number of carbonyl (C=O) groups is 1. The molecule has 1 amide bonds.